The first-order valence-corrected chi connectivity index (χ1v) is 3.31. The van der Waals surface area contributed by atoms with Crippen LogP contribution in [-0.2, 0) is 9.59 Å². The molecule has 10 heavy (non-hydrogen) atoms. The summed E-state index contributed by atoms with van der Waals surface area (Å²) in [4.78, 5) is 20.3. The number of carbonyl (C=O) groups is 2. The summed E-state index contributed by atoms with van der Waals surface area (Å²) >= 11 is 0. The van der Waals surface area contributed by atoms with E-state index in [0.717, 1.165) is 12.6 Å². The third-order valence-electron chi connectivity index (χ3n) is 1.49. The van der Waals surface area contributed by atoms with Gasteiger partial charge < -0.3 is 4.79 Å². The van der Waals surface area contributed by atoms with Crippen LogP contribution in [0.1, 0.15) is 20.3 Å². The van der Waals surface area contributed by atoms with Crippen molar-refractivity contribution in [1.82, 2.24) is 0 Å². The molecule has 0 aliphatic carbocycles. The lowest BCUT2D eigenvalue weighted by Gasteiger charge is -2.04. The van der Waals surface area contributed by atoms with E-state index in [1.165, 1.54) is 0 Å². The van der Waals surface area contributed by atoms with Crippen LogP contribution in [0.25, 0.3) is 0 Å². The van der Waals surface area contributed by atoms with Gasteiger partial charge in [0.25, 0.3) is 0 Å². The predicted octanol–water partition coefficient (Wildman–Crippen LogP) is 1.36. The van der Waals surface area contributed by atoms with Crippen LogP contribution in [0.2, 0.25) is 0 Å². The van der Waals surface area contributed by atoms with E-state index in [1.54, 1.807) is 13.0 Å². The Hall–Kier alpha value is -0.920. The van der Waals surface area contributed by atoms with Crippen LogP contribution >= 0.6 is 0 Å². The van der Waals surface area contributed by atoms with E-state index in [4.69, 9.17) is 0 Å². The van der Waals surface area contributed by atoms with E-state index in [2.05, 4.69) is 0 Å². The van der Waals surface area contributed by atoms with Crippen LogP contribution in [0, 0.1) is 5.92 Å². The molecule has 0 spiro atoms. The quantitative estimate of drug-likeness (QED) is 0.436. The molecule has 2 nitrogen and oxygen atoms in total. The molecule has 0 rings (SSSR count). The lowest BCUT2D eigenvalue weighted by molar-refractivity contribution is -0.108. The van der Waals surface area contributed by atoms with Crippen molar-refractivity contribution in [2.45, 2.75) is 20.3 Å². The van der Waals surface area contributed by atoms with Gasteiger partial charge in [0.2, 0.25) is 0 Å². The molecule has 0 aromatic carbocycles. The molecule has 0 aliphatic rings. The summed E-state index contributed by atoms with van der Waals surface area (Å²) in [6.07, 6.45) is 3.80. The molecule has 0 heterocycles. The highest BCUT2D eigenvalue weighted by Gasteiger charge is 2.04. The Morgan fingerprint density at radius 2 is 2.10 bits per heavy atom. The topological polar surface area (TPSA) is 34.1 Å². The minimum absolute atomic E-state index is 0.0694. The zero-order valence-electron chi connectivity index (χ0n) is 6.33. The highest BCUT2D eigenvalue weighted by Crippen LogP contribution is 2.09. The average molecular weight is 140 g/mol. The third kappa shape index (κ3) is 2.58. The van der Waals surface area contributed by atoms with Crippen LogP contribution in [0.3, 0.4) is 0 Å². The van der Waals surface area contributed by atoms with E-state index in [9.17, 15) is 9.59 Å². The number of carbonyl (C=O) groups excluding carboxylic acids is 2. The van der Waals surface area contributed by atoms with Crippen molar-refractivity contribution < 1.29 is 9.59 Å². The zero-order chi connectivity index (χ0) is 7.98. The molecule has 0 aliphatic heterocycles. The minimum atomic E-state index is 0.0694. The van der Waals surface area contributed by atoms with Crippen LogP contribution < -0.4 is 0 Å². The number of aldehydes is 2. The molecule has 1 atom stereocenters. The molecule has 0 unspecified atom stereocenters. The maximum Gasteiger partial charge on any atom is 0.145 e. The van der Waals surface area contributed by atoms with Crippen molar-refractivity contribution in [3.8, 4) is 0 Å². The predicted molar refractivity (Wildman–Crippen MR) is 39.7 cm³/mol. The molecule has 0 aromatic heterocycles. The van der Waals surface area contributed by atoms with Crippen molar-refractivity contribution in [2.75, 3.05) is 0 Å². The summed E-state index contributed by atoms with van der Waals surface area (Å²) in [5, 5.41) is 0. The summed E-state index contributed by atoms with van der Waals surface area (Å²) in [5.41, 5.74) is 0.701. The van der Waals surface area contributed by atoms with Gasteiger partial charge in [0.1, 0.15) is 12.6 Å². The zero-order valence-corrected chi connectivity index (χ0v) is 6.33. The molecule has 0 aromatic rings. The SMILES string of the molecule is C/C=C(/C=O)[C@H](C)CC=O. The highest BCUT2D eigenvalue weighted by molar-refractivity contribution is 5.74. The fourth-order valence-electron chi connectivity index (χ4n) is 0.749. The third-order valence-corrected chi connectivity index (χ3v) is 1.49. The molecule has 0 radical (unpaired) electrons. The molecule has 0 amide bonds. The van der Waals surface area contributed by atoms with Gasteiger partial charge in [-0.2, -0.15) is 0 Å². The van der Waals surface area contributed by atoms with Crippen molar-refractivity contribution in [3.05, 3.63) is 11.6 Å². The second-order valence-electron chi connectivity index (χ2n) is 2.21. The first kappa shape index (κ1) is 9.08. The lowest BCUT2D eigenvalue weighted by Crippen LogP contribution is -2.00. The number of allylic oxidation sites excluding steroid dienone is 2. The first-order chi connectivity index (χ1) is 4.76. The fourth-order valence-corrected chi connectivity index (χ4v) is 0.749. The Morgan fingerprint density at radius 1 is 1.50 bits per heavy atom. The highest BCUT2D eigenvalue weighted by atomic mass is 16.1. The maximum atomic E-state index is 10.3. The number of rotatable bonds is 4. The molecule has 0 saturated heterocycles. The number of hydrogen-bond donors (Lipinski definition) is 0. The van der Waals surface area contributed by atoms with Crippen LogP contribution in [0.5, 0.6) is 0 Å². The molecule has 2 heteroatoms. The lowest BCUT2D eigenvalue weighted by atomic mass is 10.00. The monoisotopic (exact) mass is 140 g/mol. The van der Waals surface area contributed by atoms with Crippen LogP contribution in [0.4, 0.5) is 0 Å². The average Bonchev–Trinajstić information content (AvgIpc) is 1.91. The van der Waals surface area contributed by atoms with Crippen molar-refractivity contribution >= 4 is 12.6 Å². The van der Waals surface area contributed by atoms with E-state index in [-0.39, 0.29) is 5.92 Å². The summed E-state index contributed by atoms with van der Waals surface area (Å²) in [5.74, 6) is 0.0694. The van der Waals surface area contributed by atoms with Crippen molar-refractivity contribution in [3.63, 3.8) is 0 Å². The maximum absolute atomic E-state index is 10.3. The van der Waals surface area contributed by atoms with E-state index >= 15 is 0 Å². The van der Waals surface area contributed by atoms with E-state index < -0.39 is 0 Å². The standard InChI is InChI=1S/C8H12O2/c1-3-8(6-10)7(2)4-5-9/h3,5-7H,4H2,1-2H3/b8-3-/t7-/m1/s1. The largest absolute Gasteiger partial charge is 0.303 e. The van der Waals surface area contributed by atoms with E-state index in [0.29, 0.717) is 12.0 Å². The van der Waals surface area contributed by atoms with Crippen molar-refractivity contribution in [1.29, 1.82) is 0 Å². The Labute approximate surface area is 60.9 Å². The Bertz CT molecular complexity index is 147. The number of hydrogen-bond acceptors (Lipinski definition) is 2. The normalized spacial score (nSPS) is 14.4. The first-order valence-electron chi connectivity index (χ1n) is 3.31. The second kappa shape index (κ2) is 4.91. The molecular formula is C8H12O2. The summed E-state index contributed by atoms with van der Waals surface area (Å²) in [6, 6.07) is 0. The smallest absolute Gasteiger partial charge is 0.145 e. The Balaban J connectivity index is 4.01. The molecule has 0 saturated carbocycles. The van der Waals surface area contributed by atoms with Crippen LogP contribution in [-0.4, -0.2) is 12.6 Å². The van der Waals surface area contributed by atoms with Gasteiger partial charge in [0, 0.05) is 6.42 Å². The van der Waals surface area contributed by atoms with Gasteiger partial charge >= 0.3 is 0 Å². The van der Waals surface area contributed by atoms with Gasteiger partial charge in [-0.3, -0.25) is 4.79 Å². The van der Waals surface area contributed by atoms with Gasteiger partial charge in [0.05, 0.1) is 0 Å². The summed E-state index contributed by atoms with van der Waals surface area (Å²) < 4.78 is 0. The Morgan fingerprint density at radius 3 is 2.40 bits per heavy atom. The molecular weight excluding hydrogens is 128 g/mol. The van der Waals surface area contributed by atoms with Gasteiger partial charge in [0.15, 0.2) is 0 Å². The van der Waals surface area contributed by atoms with E-state index in [1.807, 2.05) is 6.92 Å². The van der Waals surface area contributed by atoms with Gasteiger partial charge in [-0.05, 0) is 18.4 Å². The molecule has 0 bridgehead atoms. The fraction of sp³-hybridized carbons (Fsp3) is 0.500. The molecule has 0 fully saturated rings. The molecule has 0 N–H and O–H groups in total. The molecule has 56 valence electrons. The minimum Gasteiger partial charge on any atom is -0.303 e. The van der Waals surface area contributed by atoms with Gasteiger partial charge in [-0.25, -0.2) is 0 Å². The van der Waals surface area contributed by atoms with Crippen molar-refractivity contribution in [2.24, 2.45) is 5.92 Å². The Kier molecular flexibility index (Phi) is 4.46. The summed E-state index contributed by atoms with van der Waals surface area (Å²) in [7, 11) is 0. The van der Waals surface area contributed by atoms with Gasteiger partial charge in [-0.15, -0.1) is 0 Å². The second-order valence-corrected chi connectivity index (χ2v) is 2.21. The van der Waals surface area contributed by atoms with Crippen LogP contribution in [0.15, 0.2) is 11.6 Å². The van der Waals surface area contributed by atoms with Gasteiger partial charge in [-0.1, -0.05) is 13.0 Å². The summed E-state index contributed by atoms with van der Waals surface area (Å²) in [6.45, 7) is 3.66.